The number of nitriles is 1. The van der Waals surface area contributed by atoms with Gasteiger partial charge in [-0.1, -0.05) is 17.7 Å². The summed E-state index contributed by atoms with van der Waals surface area (Å²) in [5, 5.41) is 27.1. The molecule has 10 nitrogen and oxygen atoms in total. The predicted octanol–water partition coefficient (Wildman–Crippen LogP) is 4.98. The molecule has 0 aliphatic rings. The van der Waals surface area contributed by atoms with Gasteiger partial charge < -0.3 is 24.8 Å². The standard InChI is InChI=1S/C28H32Cl2N6O4S/c1-16(37)40-10-6-7-19-20-8-9-21(30)24(26(20)35(3)27(19)28(38)39-5)25-22(34-36(4)23(25)13-31)15-41-14-17(32)11-18(12-29)33-2/h8-9,11,32-33H,6-7,10,12,14-15H2,1-5H3/b18-11-,32-17?. The molecular weight excluding hydrogens is 587 g/mol. The summed E-state index contributed by atoms with van der Waals surface area (Å²) in [7, 11) is 6.52. The number of hydrogen-bond acceptors (Lipinski definition) is 9. The van der Waals surface area contributed by atoms with E-state index in [1.165, 1.54) is 30.5 Å². The minimum absolute atomic E-state index is 0.209. The van der Waals surface area contributed by atoms with Crippen LogP contribution in [0.2, 0.25) is 5.02 Å². The highest BCUT2D eigenvalue weighted by molar-refractivity contribution is 7.99. The van der Waals surface area contributed by atoms with E-state index >= 15 is 0 Å². The zero-order valence-electron chi connectivity index (χ0n) is 23.6. The van der Waals surface area contributed by atoms with Gasteiger partial charge in [0.05, 0.1) is 35.8 Å². The summed E-state index contributed by atoms with van der Waals surface area (Å²) in [5.74, 6) is 0.204. The highest BCUT2D eigenvalue weighted by Crippen LogP contribution is 2.42. The summed E-state index contributed by atoms with van der Waals surface area (Å²) in [6, 6.07) is 5.84. The lowest BCUT2D eigenvalue weighted by molar-refractivity contribution is -0.141. The topological polar surface area (TPSA) is 135 Å². The van der Waals surface area contributed by atoms with E-state index in [9.17, 15) is 14.9 Å². The first-order valence-electron chi connectivity index (χ1n) is 12.7. The van der Waals surface area contributed by atoms with E-state index in [1.54, 1.807) is 37.9 Å². The number of nitrogens with zero attached hydrogens (tertiary/aromatic N) is 4. The van der Waals surface area contributed by atoms with Gasteiger partial charge >= 0.3 is 11.9 Å². The van der Waals surface area contributed by atoms with Gasteiger partial charge in [-0.3, -0.25) is 9.48 Å². The Morgan fingerprint density at radius 3 is 2.63 bits per heavy atom. The van der Waals surface area contributed by atoms with E-state index in [0.717, 1.165) is 16.6 Å². The van der Waals surface area contributed by atoms with Crippen LogP contribution in [-0.2, 0) is 40.5 Å². The van der Waals surface area contributed by atoms with Crippen molar-refractivity contribution in [2.24, 2.45) is 14.1 Å². The molecule has 218 valence electrons. The predicted molar refractivity (Wildman–Crippen MR) is 163 cm³/mol. The molecule has 2 N–H and O–H groups in total. The number of carbonyl (C=O) groups excluding carboxylic acids is 2. The van der Waals surface area contributed by atoms with Crippen molar-refractivity contribution in [1.29, 1.82) is 10.7 Å². The maximum atomic E-state index is 12.9. The van der Waals surface area contributed by atoms with Crippen LogP contribution in [0.25, 0.3) is 22.0 Å². The molecule has 2 aromatic heterocycles. The average Bonchev–Trinajstić information content (AvgIpc) is 3.41. The number of benzene rings is 1. The van der Waals surface area contributed by atoms with Crippen molar-refractivity contribution in [2.75, 3.05) is 32.4 Å². The molecule has 0 aliphatic heterocycles. The largest absolute Gasteiger partial charge is 0.466 e. The summed E-state index contributed by atoms with van der Waals surface area (Å²) in [6.45, 7) is 1.56. The highest BCUT2D eigenvalue weighted by Gasteiger charge is 2.28. The zero-order chi connectivity index (χ0) is 30.3. The number of carbonyl (C=O) groups is 2. The molecule has 2 heterocycles. The Labute approximate surface area is 253 Å². The molecule has 0 atom stereocenters. The number of alkyl halides is 1. The van der Waals surface area contributed by atoms with Gasteiger partial charge in [0, 0.05) is 67.5 Å². The molecule has 0 fully saturated rings. The summed E-state index contributed by atoms with van der Waals surface area (Å²) in [5.41, 5.74) is 4.98. The molecule has 3 aromatic rings. The second kappa shape index (κ2) is 14.4. The van der Waals surface area contributed by atoms with Crippen molar-refractivity contribution in [2.45, 2.75) is 25.5 Å². The summed E-state index contributed by atoms with van der Waals surface area (Å²) >= 11 is 14.2. The van der Waals surface area contributed by atoms with Gasteiger partial charge in [-0.25, -0.2) is 4.79 Å². The molecule has 0 aliphatic carbocycles. The van der Waals surface area contributed by atoms with Crippen LogP contribution in [0.15, 0.2) is 23.9 Å². The monoisotopic (exact) mass is 618 g/mol. The number of thioether (sulfide) groups is 1. The van der Waals surface area contributed by atoms with Gasteiger partial charge in [-0.05, 0) is 30.5 Å². The van der Waals surface area contributed by atoms with Crippen molar-refractivity contribution < 1.29 is 19.1 Å². The van der Waals surface area contributed by atoms with Crippen molar-refractivity contribution in [3.63, 3.8) is 0 Å². The number of rotatable bonds is 13. The van der Waals surface area contributed by atoms with E-state index in [1.807, 2.05) is 6.07 Å². The Balaban J connectivity index is 2.14. The Hall–Kier alpha value is -3.46. The summed E-state index contributed by atoms with van der Waals surface area (Å²) in [6.07, 6.45) is 2.64. The van der Waals surface area contributed by atoms with Crippen LogP contribution >= 0.6 is 35.0 Å². The van der Waals surface area contributed by atoms with E-state index in [-0.39, 0.29) is 18.5 Å². The summed E-state index contributed by atoms with van der Waals surface area (Å²) < 4.78 is 13.5. The molecule has 0 saturated heterocycles. The molecule has 0 spiro atoms. The first kappa shape index (κ1) is 32.1. The van der Waals surface area contributed by atoms with Crippen molar-refractivity contribution >= 4 is 63.5 Å². The number of allylic oxidation sites excluding steroid dienone is 2. The number of methoxy groups -OCH3 is 1. The lowest BCUT2D eigenvalue weighted by Crippen LogP contribution is -2.11. The first-order valence-corrected chi connectivity index (χ1v) is 14.7. The smallest absolute Gasteiger partial charge is 0.354 e. The van der Waals surface area contributed by atoms with Crippen LogP contribution in [0.3, 0.4) is 0 Å². The van der Waals surface area contributed by atoms with Gasteiger partial charge in [0.25, 0.3) is 0 Å². The summed E-state index contributed by atoms with van der Waals surface area (Å²) in [4.78, 5) is 24.2. The minimum atomic E-state index is -0.514. The average molecular weight is 620 g/mol. The fraction of sp³-hybridized carbons (Fsp3) is 0.393. The highest BCUT2D eigenvalue weighted by atomic mass is 35.5. The fourth-order valence-corrected chi connectivity index (χ4v) is 5.93. The van der Waals surface area contributed by atoms with Crippen LogP contribution < -0.4 is 5.32 Å². The number of fused-ring (bicyclic) bond motifs is 1. The number of nitrogens with one attached hydrogen (secondary N) is 2. The second-order valence-corrected chi connectivity index (χ2v) is 10.8. The first-order chi connectivity index (χ1) is 19.6. The Bertz CT molecular complexity index is 1550. The Morgan fingerprint density at radius 2 is 2.02 bits per heavy atom. The third kappa shape index (κ3) is 7.07. The number of ether oxygens (including phenoxy) is 2. The number of aryl methyl sites for hydroxylation is 3. The zero-order valence-corrected chi connectivity index (χ0v) is 25.9. The van der Waals surface area contributed by atoms with Gasteiger partial charge in [0.2, 0.25) is 0 Å². The molecule has 1 aromatic carbocycles. The molecule has 13 heteroatoms. The number of hydrogen-bond donors (Lipinski definition) is 2. The quantitative estimate of drug-likeness (QED) is 0.118. The van der Waals surface area contributed by atoms with E-state index in [0.29, 0.717) is 68.8 Å². The van der Waals surface area contributed by atoms with E-state index in [2.05, 4.69) is 16.5 Å². The minimum Gasteiger partial charge on any atom is -0.466 e. The van der Waals surface area contributed by atoms with Crippen molar-refractivity contribution in [3.05, 3.63) is 51.6 Å². The molecule has 0 saturated carbocycles. The lowest BCUT2D eigenvalue weighted by atomic mass is 9.98. The third-order valence-electron chi connectivity index (χ3n) is 6.45. The molecule has 0 bridgehead atoms. The molecule has 0 unspecified atom stereocenters. The van der Waals surface area contributed by atoms with E-state index in [4.69, 9.17) is 38.1 Å². The van der Waals surface area contributed by atoms with Crippen LogP contribution in [0.5, 0.6) is 0 Å². The van der Waals surface area contributed by atoms with Crippen LogP contribution in [0.1, 0.15) is 40.8 Å². The van der Waals surface area contributed by atoms with Crippen LogP contribution in [0.4, 0.5) is 0 Å². The molecule has 41 heavy (non-hydrogen) atoms. The number of aromatic nitrogens is 3. The van der Waals surface area contributed by atoms with Gasteiger partial charge in [-0.2, -0.15) is 10.4 Å². The molecule has 0 radical (unpaired) electrons. The van der Waals surface area contributed by atoms with Crippen molar-refractivity contribution in [1.82, 2.24) is 19.7 Å². The SMILES string of the molecule is CN/C(=C\C(=N)CSCc1nn(C)c(C#N)c1-c1c(Cl)ccc2c(CCCOC(C)=O)c(C(=O)OC)n(C)c12)CCl. The third-order valence-corrected chi connectivity index (χ3v) is 8.05. The lowest BCUT2D eigenvalue weighted by Gasteiger charge is -2.11. The van der Waals surface area contributed by atoms with Crippen molar-refractivity contribution in [3.8, 4) is 17.2 Å². The molecular formula is C28H32Cl2N6O4S. The number of esters is 2. The molecule has 3 rings (SSSR count). The maximum Gasteiger partial charge on any atom is 0.354 e. The Morgan fingerprint density at radius 1 is 1.29 bits per heavy atom. The second-order valence-electron chi connectivity index (χ2n) is 9.12. The maximum absolute atomic E-state index is 12.9. The van der Waals surface area contributed by atoms with Gasteiger partial charge in [-0.15, -0.1) is 23.4 Å². The van der Waals surface area contributed by atoms with Gasteiger partial charge in [0.15, 0.2) is 0 Å². The number of halogens is 2. The Kier molecular flexibility index (Phi) is 11.3. The fourth-order valence-electron chi connectivity index (χ4n) is 4.67. The van der Waals surface area contributed by atoms with Crippen LogP contribution in [0, 0.1) is 16.7 Å². The van der Waals surface area contributed by atoms with Crippen LogP contribution in [-0.4, -0.2) is 64.4 Å². The normalized spacial score (nSPS) is 11.4. The van der Waals surface area contributed by atoms with Gasteiger partial charge in [0.1, 0.15) is 17.5 Å². The van der Waals surface area contributed by atoms with E-state index < -0.39 is 5.97 Å². The molecule has 0 amide bonds.